The molecule has 1 aromatic heterocycles. The van der Waals surface area contributed by atoms with Gasteiger partial charge in [-0.15, -0.1) is 6.42 Å². The molecule has 0 aromatic carbocycles. The first-order chi connectivity index (χ1) is 7.89. The highest BCUT2D eigenvalue weighted by Crippen LogP contribution is 2.25. The molecule has 0 saturated heterocycles. The zero-order chi connectivity index (χ0) is 13.1. The molecule has 0 unspecified atom stereocenters. The molecule has 0 aliphatic rings. The fraction of sp³-hybridized carbons (Fsp3) is 0.538. The number of hydrogen-bond donors (Lipinski definition) is 0. The third kappa shape index (κ3) is 3.61. The van der Waals surface area contributed by atoms with Crippen LogP contribution in [0.15, 0.2) is 0 Å². The van der Waals surface area contributed by atoms with E-state index in [9.17, 15) is 0 Å². The number of nitrogens with zero attached hydrogens (tertiary/aromatic N) is 2. The van der Waals surface area contributed by atoms with Gasteiger partial charge in [-0.3, -0.25) is 0 Å². The lowest BCUT2D eigenvalue weighted by Gasteiger charge is -2.21. The van der Waals surface area contributed by atoms with Gasteiger partial charge in [0.05, 0.1) is 0 Å². The lowest BCUT2D eigenvalue weighted by atomic mass is 10.1. The van der Waals surface area contributed by atoms with Crippen LogP contribution in [0.3, 0.4) is 0 Å². The molecule has 0 amide bonds. The highest BCUT2D eigenvalue weighted by molar-refractivity contribution is 6.30. The summed E-state index contributed by atoms with van der Waals surface area (Å²) in [5.74, 6) is 3.72. The Morgan fingerprint density at radius 2 is 2.06 bits per heavy atom. The fourth-order valence-electron chi connectivity index (χ4n) is 1.22. The second-order valence-electron chi connectivity index (χ2n) is 4.37. The predicted molar refractivity (Wildman–Crippen MR) is 69.3 cm³/mol. The normalized spacial score (nSPS) is 11.1. The van der Waals surface area contributed by atoms with Gasteiger partial charge >= 0.3 is 0 Å². The van der Waals surface area contributed by atoms with Crippen molar-refractivity contribution in [3.8, 4) is 18.2 Å². The quantitative estimate of drug-likeness (QED) is 0.610. The zero-order valence-electron chi connectivity index (χ0n) is 10.7. The van der Waals surface area contributed by atoms with Crippen LogP contribution < -0.4 is 4.74 Å². The minimum atomic E-state index is -0.702. The summed E-state index contributed by atoms with van der Waals surface area (Å²) in [7, 11) is 0. The number of rotatable bonds is 4. The van der Waals surface area contributed by atoms with E-state index in [1.807, 2.05) is 20.8 Å². The minimum absolute atomic E-state index is 0.422. The first-order valence-electron chi connectivity index (χ1n) is 5.59. The molecule has 0 saturated carbocycles. The summed E-state index contributed by atoms with van der Waals surface area (Å²) in [5, 5.41) is 0.422. The van der Waals surface area contributed by atoms with Crippen LogP contribution in [0.1, 0.15) is 38.6 Å². The van der Waals surface area contributed by atoms with Crippen LogP contribution >= 0.6 is 11.6 Å². The van der Waals surface area contributed by atoms with E-state index < -0.39 is 5.60 Å². The molecule has 3 nitrogen and oxygen atoms in total. The number of terminal acetylenes is 1. The van der Waals surface area contributed by atoms with E-state index in [-0.39, 0.29) is 0 Å². The van der Waals surface area contributed by atoms with Gasteiger partial charge < -0.3 is 4.74 Å². The van der Waals surface area contributed by atoms with Crippen LogP contribution in [0.2, 0.25) is 5.15 Å². The molecule has 0 aliphatic heterocycles. The van der Waals surface area contributed by atoms with Crippen LogP contribution in [0.5, 0.6) is 5.88 Å². The number of aryl methyl sites for hydroxylation is 1. The van der Waals surface area contributed by atoms with Crippen molar-refractivity contribution in [2.45, 2.75) is 46.1 Å². The Hall–Kier alpha value is -1.27. The molecule has 17 heavy (non-hydrogen) atoms. The molecular weight excluding hydrogens is 236 g/mol. The molecule has 0 fully saturated rings. The van der Waals surface area contributed by atoms with Gasteiger partial charge in [0.15, 0.2) is 5.60 Å². The van der Waals surface area contributed by atoms with Crippen molar-refractivity contribution in [1.29, 1.82) is 0 Å². The summed E-state index contributed by atoms with van der Waals surface area (Å²) in [6.45, 7) is 7.49. The Kier molecular flexibility index (Phi) is 4.36. The summed E-state index contributed by atoms with van der Waals surface area (Å²) >= 11 is 6.04. The van der Waals surface area contributed by atoms with Crippen molar-refractivity contribution >= 4 is 11.6 Å². The molecule has 0 radical (unpaired) electrons. The summed E-state index contributed by atoms with van der Waals surface area (Å²) in [6, 6.07) is 0. The molecular formula is C13H17ClN2O. The van der Waals surface area contributed by atoms with Crippen molar-refractivity contribution in [1.82, 2.24) is 9.97 Å². The second-order valence-corrected chi connectivity index (χ2v) is 4.73. The third-order valence-corrected chi connectivity index (χ3v) is 2.63. The molecule has 1 rings (SSSR count). The predicted octanol–water partition coefficient (Wildman–Crippen LogP) is 3.18. The van der Waals surface area contributed by atoms with E-state index in [0.717, 1.165) is 18.4 Å². The third-order valence-electron chi connectivity index (χ3n) is 2.26. The smallest absolute Gasteiger partial charge is 0.222 e. The number of ether oxygens (including phenoxy) is 1. The van der Waals surface area contributed by atoms with Gasteiger partial charge in [-0.2, -0.15) is 4.98 Å². The lowest BCUT2D eigenvalue weighted by Crippen LogP contribution is -2.26. The van der Waals surface area contributed by atoms with Gasteiger partial charge in [0.2, 0.25) is 5.88 Å². The van der Waals surface area contributed by atoms with Crippen LogP contribution in [0.4, 0.5) is 0 Å². The molecule has 0 atom stereocenters. The maximum absolute atomic E-state index is 6.04. The first kappa shape index (κ1) is 13.8. The average molecular weight is 253 g/mol. The minimum Gasteiger partial charge on any atom is -0.458 e. The van der Waals surface area contributed by atoms with E-state index in [0.29, 0.717) is 16.9 Å². The van der Waals surface area contributed by atoms with Gasteiger partial charge in [0.25, 0.3) is 0 Å². The summed E-state index contributed by atoms with van der Waals surface area (Å²) in [4.78, 5) is 8.54. The molecule has 0 bridgehead atoms. The Bertz CT molecular complexity index is 449. The Balaban J connectivity index is 3.10. The van der Waals surface area contributed by atoms with Crippen molar-refractivity contribution in [2.24, 2.45) is 0 Å². The van der Waals surface area contributed by atoms with E-state index in [1.165, 1.54) is 0 Å². The standard InChI is InChI=1S/C13H17ClN2O/c1-6-8-10-15-11(14)9(3)12(16-10)17-13(4,5)7-2/h2H,6,8H2,1,3-5H3. The number of halogens is 1. The average Bonchev–Trinajstić information content (AvgIpc) is 2.25. The largest absolute Gasteiger partial charge is 0.458 e. The fourth-order valence-corrected chi connectivity index (χ4v) is 1.40. The molecule has 1 aromatic rings. The topological polar surface area (TPSA) is 35.0 Å². The van der Waals surface area contributed by atoms with Crippen molar-refractivity contribution in [3.05, 3.63) is 16.5 Å². The van der Waals surface area contributed by atoms with Gasteiger partial charge in [0, 0.05) is 12.0 Å². The van der Waals surface area contributed by atoms with Gasteiger partial charge in [-0.25, -0.2) is 4.98 Å². The number of hydrogen-bond acceptors (Lipinski definition) is 3. The van der Waals surface area contributed by atoms with Crippen LogP contribution in [-0.2, 0) is 6.42 Å². The van der Waals surface area contributed by atoms with E-state index in [2.05, 4.69) is 22.8 Å². The van der Waals surface area contributed by atoms with E-state index in [4.69, 9.17) is 22.8 Å². The monoisotopic (exact) mass is 252 g/mol. The molecule has 0 N–H and O–H groups in total. The maximum Gasteiger partial charge on any atom is 0.222 e. The lowest BCUT2D eigenvalue weighted by molar-refractivity contribution is 0.162. The van der Waals surface area contributed by atoms with Gasteiger partial charge in [-0.1, -0.05) is 24.4 Å². The van der Waals surface area contributed by atoms with Crippen LogP contribution in [0, 0.1) is 19.3 Å². The summed E-state index contributed by atoms with van der Waals surface area (Å²) in [5.41, 5.74) is 0.0150. The van der Waals surface area contributed by atoms with Crippen LogP contribution in [0.25, 0.3) is 0 Å². The molecule has 4 heteroatoms. The SMILES string of the molecule is C#CC(C)(C)Oc1nc(CCC)nc(Cl)c1C. The van der Waals surface area contributed by atoms with Crippen molar-refractivity contribution in [2.75, 3.05) is 0 Å². The van der Waals surface area contributed by atoms with Crippen LogP contribution in [-0.4, -0.2) is 15.6 Å². The highest BCUT2D eigenvalue weighted by atomic mass is 35.5. The van der Waals surface area contributed by atoms with Crippen molar-refractivity contribution < 1.29 is 4.74 Å². The molecule has 92 valence electrons. The maximum atomic E-state index is 6.04. The Morgan fingerprint density at radius 1 is 1.41 bits per heavy atom. The number of aromatic nitrogens is 2. The van der Waals surface area contributed by atoms with Gasteiger partial charge in [0.1, 0.15) is 11.0 Å². The molecule has 1 heterocycles. The Morgan fingerprint density at radius 3 is 2.59 bits per heavy atom. The van der Waals surface area contributed by atoms with Gasteiger partial charge in [-0.05, 0) is 27.2 Å². The second kappa shape index (κ2) is 5.37. The Labute approximate surface area is 108 Å². The first-order valence-corrected chi connectivity index (χ1v) is 5.97. The van der Waals surface area contributed by atoms with E-state index in [1.54, 1.807) is 0 Å². The highest BCUT2D eigenvalue weighted by Gasteiger charge is 2.20. The summed E-state index contributed by atoms with van der Waals surface area (Å²) < 4.78 is 5.68. The van der Waals surface area contributed by atoms with Crippen molar-refractivity contribution in [3.63, 3.8) is 0 Å². The summed E-state index contributed by atoms with van der Waals surface area (Å²) in [6.07, 6.45) is 7.11. The zero-order valence-corrected chi connectivity index (χ0v) is 11.4. The van der Waals surface area contributed by atoms with E-state index >= 15 is 0 Å². The molecule has 0 aliphatic carbocycles. The molecule has 0 spiro atoms.